The van der Waals surface area contributed by atoms with Crippen molar-refractivity contribution in [3.8, 4) is 11.5 Å². The molecule has 1 N–H and O–H groups in total. The quantitative estimate of drug-likeness (QED) is 0.809. The Kier molecular flexibility index (Phi) is 5.65. The minimum Gasteiger partial charge on any atom is -0.493 e. The molecule has 20 heavy (non-hydrogen) atoms. The van der Waals surface area contributed by atoms with Crippen LogP contribution in [-0.4, -0.2) is 29.0 Å². The number of ether oxygens (including phenoxy) is 2. The second kappa shape index (κ2) is 6.63. The zero-order valence-electron chi connectivity index (χ0n) is 14.0. The van der Waals surface area contributed by atoms with Gasteiger partial charge in [0.25, 0.3) is 0 Å². The summed E-state index contributed by atoms with van der Waals surface area (Å²) in [6.07, 6.45) is 1.01. The van der Waals surface area contributed by atoms with Crippen LogP contribution in [-0.2, 0) is 6.42 Å². The molecular weight excluding hydrogens is 266 g/mol. The van der Waals surface area contributed by atoms with E-state index in [0.29, 0.717) is 5.04 Å². The Bertz CT molecular complexity index is 439. The first-order valence-electron chi connectivity index (χ1n) is 7.17. The van der Waals surface area contributed by atoms with Crippen LogP contribution in [0.25, 0.3) is 0 Å². The predicted octanol–water partition coefficient (Wildman–Crippen LogP) is 3.84. The van der Waals surface area contributed by atoms with Crippen molar-refractivity contribution in [3.05, 3.63) is 23.8 Å². The Morgan fingerprint density at radius 3 is 2.15 bits per heavy atom. The van der Waals surface area contributed by atoms with E-state index < -0.39 is 8.24 Å². The molecule has 0 aromatic heterocycles. The normalized spacial score (nSPS) is 12.3. The lowest BCUT2D eigenvalue weighted by Gasteiger charge is -2.37. The minimum atomic E-state index is -1.40. The van der Waals surface area contributed by atoms with E-state index in [1.54, 1.807) is 14.2 Å². The molecule has 0 unspecified atom stereocenters. The molecule has 0 bridgehead atoms. The second-order valence-electron chi connectivity index (χ2n) is 6.74. The van der Waals surface area contributed by atoms with Gasteiger partial charge in [0.1, 0.15) is 8.24 Å². The Labute approximate surface area is 124 Å². The van der Waals surface area contributed by atoms with Crippen LogP contribution in [0.5, 0.6) is 11.5 Å². The van der Waals surface area contributed by atoms with Gasteiger partial charge in [-0.3, -0.25) is 0 Å². The zero-order valence-corrected chi connectivity index (χ0v) is 15.0. The van der Waals surface area contributed by atoms with Gasteiger partial charge in [0.05, 0.1) is 14.2 Å². The maximum absolute atomic E-state index is 5.34. The van der Waals surface area contributed by atoms with Crippen molar-refractivity contribution in [2.45, 2.75) is 45.3 Å². The van der Waals surface area contributed by atoms with Crippen molar-refractivity contribution in [2.24, 2.45) is 0 Å². The van der Waals surface area contributed by atoms with E-state index >= 15 is 0 Å². The van der Waals surface area contributed by atoms with Crippen molar-refractivity contribution >= 4 is 8.24 Å². The smallest absolute Gasteiger partial charge is 0.160 e. The van der Waals surface area contributed by atoms with E-state index in [0.717, 1.165) is 24.5 Å². The molecular formula is C16H29NO2Si. The van der Waals surface area contributed by atoms with Crippen molar-refractivity contribution in [1.29, 1.82) is 0 Å². The summed E-state index contributed by atoms with van der Waals surface area (Å²) in [4.78, 5) is 3.78. The molecule has 3 nitrogen and oxygen atoms in total. The van der Waals surface area contributed by atoms with E-state index in [-0.39, 0.29) is 0 Å². The molecule has 0 radical (unpaired) electrons. The summed E-state index contributed by atoms with van der Waals surface area (Å²) in [5, 5.41) is 0.366. The van der Waals surface area contributed by atoms with E-state index in [9.17, 15) is 0 Å². The highest BCUT2D eigenvalue weighted by Gasteiger charge is 2.34. The van der Waals surface area contributed by atoms with Crippen LogP contribution in [0.3, 0.4) is 0 Å². The lowest BCUT2D eigenvalue weighted by atomic mass is 10.1. The van der Waals surface area contributed by atoms with Gasteiger partial charge in [-0.25, -0.2) is 0 Å². The Morgan fingerprint density at radius 1 is 1.05 bits per heavy atom. The molecule has 1 aromatic rings. The summed E-state index contributed by atoms with van der Waals surface area (Å²) in [6.45, 7) is 12.8. The third kappa shape index (κ3) is 4.25. The summed E-state index contributed by atoms with van der Waals surface area (Å²) in [6, 6.07) is 6.14. The fraction of sp³-hybridized carbons (Fsp3) is 0.625. The van der Waals surface area contributed by atoms with E-state index in [1.807, 2.05) is 6.07 Å². The van der Waals surface area contributed by atoms with Crippen molar-refractivity contribution in [2.75, 3.05) is 20.8 Å². The highest BCUT2D eigenvalue weighted by Crippen LogP contribution is 2.33. The standard InChI is InChI=1S/C16H29NO2Si/c1-16(2,3)20(6,7)17-11-10-13-8-9-14(18-4)15(12-13)19-5/h8-9,12,17H,10-11H2,1-7H3. The van der Waals surface area contributed by atoms with Crippen LogP contribution in [0.1, 0.15) is 26.3 Å². The van der Waals surface area contributed by atoms with Gasteiger partial charge < -0.3 is 14.5 Å². The SMILES string of the molecule is COc1ccc(CCN[Si](C)(C)C(C)(C)C)cc1OC. The Balaban J connectivity index is 2.63. The number of rotatable bonds is 6. The van der Waals surface area contributed by atoms with Crippen molar-refractivity contribution in [3.63, 3.8) is 0 Å². The average Bonchev–Trinajstić information content (AvgIpc) is 2.37. The fourth-order valence-corrected chi connectivity index (χ4v) is 3.10. The number of methoxy groups -OCH3 is 2. The van der Waals surface area contributed by atoms with Crippen molar-refractivity contribution in [1.82, 2.24) is 4.98 Å². The maximum atomic E-state index is 5.34. The molecule has 0 aliphatic heterocycles. The molecule has 0 fully saturated rings. The topological polar surface area (TPSA) is 30.5 Å². The fourth-order valence-electron chi connectivity index (χ4n) is 1.82. The summed E-state index contributed by atoms with van der Waals surface area (Å²) < 4.78 is 10.6. The second-order valence-corrected chi connectivity index (χ2v) is 11.8. The number of nitrogens with one attached hydrogen (secondary N) is 1. The third-order valence-corrected chi connectivity index (χ3v) is 9.19. The van der Waals surface area contributed by atoms with Gasteiger partial charge in [-0.1, -0.05) is 39.9 Å². The summed E-state index contributed by atoms with van der Waals surface area (Å²) in [5.41, 5.74) is 1.27. The van der Waals surface area contributed by atoms with Gasteiger partial charge in [-0.15, -0.1) is 0 Å². The van der Waals surface area contributed by atoms with Crippen LogP contribution in [0.2, 0.25) is 18.1 Å². The molecule has 1 rings (SSSR count). The lowest BCUT2D eigenvalue weighted by molar-refractivity contribution is 0.354. The lowest BCUT2D eigenvalue weighted by Crippen LogP contribution is -2.52. The minimum absolute atomic E-state index is 0.366. The monoisotopic (exact) mass is 295 g/mol. The van der Waals surface area contributed by atoms with Gasteiger partial charge in [-0.2, -0.15) is 0 Å². The predicted molar refractivity (Wildman–Crippen MR) is 88.4 cm³/mol. The largest absolute Gasteiger partial charge is 0.493 e. The van der Waals surface area contributed by atoms with Crippen LogP contribution in [0.15, 0.2) is 18.2 Å². The zero-order chi connectivity index (χ0) is 15.4. The Morgan fingerprint density at radius 2 is 1.65 bits per heavy atom. The van der Waals surface area contributed by atoms with Crippen LogP contribution < -0.4 is 14.5 Å². The van der Waals surface area contributed by atoms with Gasteiger partial charge in [-0.05, 0) is 35.7 Å². The highest BCUT2D eigenvalue weighted by atomic mass is 28.3. The van der Waals surface area contributed by atoms with Gasteiger partial charge in [0, 0.05) is 0 Å². The molecule has 1 aromatic carbocycles. The molecule has 0 heterocycles. The third-order valence-electron chi connectivity index (χ3n) is 4.30. The van der Waals surface area contributed by atoms with Crippen LogP contribution in [0.4, 0.5) is 0 Å². The molecule has 0 atom stereocenters. The first-order chi connectivity index (χ1) is 9.21. The summed E-state index contributed by atoms with van der Waals surface area (Å²) in [5.74, 6) is 1.59. The highest BCUT2D eigenvalue weighted by molar-refractivity contribution is 6.77. The van der Waals surface area contributed by atoms with Gasteiger partial charge in [0.15, 0.2) is 11.5 Å². The molecule has 0 saturated carbocycles. The van der Waals surface area contributed by atoms with Crippen LogP contribution in [0, 0.1) is 0 Å². The molecule has 0 aliphatic carbocycles. The molecule has 0 saturated heterocycles. The first kappa shape index (κ1) is 17.0. The van der Waals surface area contributed by atoms with Crippen LogP contribution >= 0.6 is 0 Å². The maximum Gasteiger partial charge on any atom is 0.160 e. The molecule has 0 spiro atoms. The van der Waals surface area contributed by atoms with Gasteiger partial charge in [0.2, 0.25) is 0 Å². The molecule has 114 valence electrons. The molecule has 4 heteroatoms. The number of hydrogen-bond acceptors (Lipinski definition) is 3. The molecule has 0 amide bonds. The average molecular weight is 295 g/mol. The molecule has 0 aliphatic rings. The number of hydrogen-bond donors (Lipinski definition) is 1. The van der Waals surface area contributed by atoms with E-state index in [4.69, 9.17) is 9.47 Å². The van der Waals surface area contributed by atoms with E-state index in [2.05, 4.69) is 51.0 Å². The summed E-state index contributed by atoms with van der Waals surface area (Å²) in [7, 11) is 1.93. The number of benzene rings is 1. The Hall–Kier alpha value is -1.00. The van der Waals surface area contributed by atoms with E-state index in [1.165, 1.54) is 5.56 Å². The summed E-state index contributed by atoms with van der Waals surface area (Å²) >= 11 is 0. The first-order valence-corrected chi connectivity index (χ1v) is 10.2. The van der Waals surface area contributed by atoms with Crippen molar-refractivity contribution < 1.29 is 9.47 Å². The van der Waals surface area contributed by atoms with Gasteiger partial charge >= 0.3 is 0 Å².